The fraction of sp³-hybridized carbons (Fsp3) is 0.524. The normalized spacial score (nSPS) is 17.2. The van der Waals surface area contributed by atoms with Crippen molar-refractivity contribution in [3.8, 4) is 17.0 Å². The minimum atomic E-state index is -0.428. The molecule has 0 spiro atoms. The third kappa shape index (κ3) is 5.72. The Morgan fingerprint density at radius 3 is 2.43 bits per heavy atom. The van der Waals surface area contributed by atoms with Crippen LogP contribution >= 0.6 is 24.8 Å². The Morgan fingerprint density at radius 1 is 1.13 bits per heavy atom. The molecule has 0 N–H and O–H groups in total. The van der Waals surface area contributed by atoms with Gasteiger partial charge in [0.25, 0.3) is 5.56 Å². The second-order valence-electron chi connectivity index (χ2n) is 7.91. The van der Waals surface area contributed by atoms with Crippen LogP contribution in [0.4, 0.5) is 4.39 Å². The van der Waals surface area contributed by atoms with E-state index in [0.29, 0.717) is 30.3 Å². The van der Waals surface area contributed by atoms with Crippen molar-refractivity contribution in [2.45, 2.75) is 25.9 Å². The van der Waals surface area contributed by atoms with Gasteiger partial charge < -0.3 is 9.64 Å². The smallest absolute Gasteiger partial charge is 0.271 e. The van der Waals surface area contributed by atoms with E-state index in [-0.39, 0.29) is 36.1 Å². The second kappa shape index (κ2) is 10.6. The average Bonchev–Trinajstić information content (AvgIpc) is 3.50. The van der Waals surface area contributed by atoms with Crippen molar-refractivity contribution in [3.05, 3.63) is 46.0 Å². The van der Waals surface area contributed by atoms with E-state index in [1.54, 1.807) is 16.8 Å². The molecule has 2 aliphatic rings. The van der Waals surface area contributed by atoms with Crippen LogP contribution in [0.25, 0.3) is 11.3 Å². The van der Waals surface area contributed by atoms with E-state index >= 15 is 0 Å². The zero-order chi connectivity index (χ0) is 19.7. The maximum Gasteiger partial charge on any atom is 0.271 e. The Kier molecular flexibility index (Phi) is 8.67. The maximum absolute atomic E-state index is 14.2. The quantitative estimate of drug-likeness (QED) is 0.665. The highest BCUT2D eigenvalue weighted by molar-refractivity contribution is 5.85. The van der Waals surface area contributed by atoms with Crippen molar-refractivity contribution in [1.29, 1.82) is 0 Å². The highest BCUT2D eigenvalue weighted by Gasteiger charge is 2.24. The van der Waals surface area contributed by atoms with Gasteiger partial charge in [-0.2, -0.15) is 5.10 Å². The molecule has 0 atom stereocenters. The van der Waals surface area contributed by atoms with Crippen LogP contribution < -0.4 is 10.3 Å². The molecule has 1 saturated heterocycles. The number of hydrogen-bond donors (Lipinski definition) is 0. The van der Waals surface area contributed by atoms with E-state index in [1.165, 1.54) is 13.2 Å². The summed E-state index contributed by atoms with van der Waals surface area (Å²) in [6.45, 7) is 5.11. The van der Waals surface area contributed by atoms with Gasteiger partial charge in [0.1, 0.15) is 0 Å². The predicted octanol–water partition coefficient (Wildman–Crippen LogP) is 3.06. The van der Waals surface area contributed by atoms with Crippen LogP contribution in [0.3, 0.4) is 0 Å². The van der Waals surface area contributed by atoms with E-state index in [1.807, 2.05) is 6.07 Å². The van der Waals surface area contributed by atoms with Gasteiger partial charge in [-0.1, -0.05) is 0 Å². The number of ether oxygens (including phenoxy) is 1. The van der Waals surface area contributed by atoms with Crippen LogP contribution in [0.2, 0.25) is 0 Å². The molecular formula is C21H29Cl2FN4O2. The molecular weight excluding hydrogens is 430 g/mol. The second-order valence-corrected chi connectivity index (χ2v) is 7.91. The summed E-state index contributed by atoms with van der Waals surface area (Å²) in [7, 11) is 3.56. The molecule has 2 heterocycles. The molecule has 6 nitrogen and oxygen atoms in total. The van der Waals surface area contributed by atoms with Crippen molar-refractivity contribution in [2.75, 3.05) is 40.3 Å². The van der Waals surface area contributed by atoms with Gasteiger partial charge in [-0.05, 0) is 50.1 Å². The fourth-order valence-electron chi connectivity index (χ4n) is 3.59. The van der Waals surface area contributed by atoms with Gasteiger partial charge >= 0.3 is 0 Å². The first-order valence-electron chi connectivity index (χ1n) is 9.89. The summed E-state index contributed by atoms with van der Waals surface area (Å²) in [4.78, 5) is 17.6. The molecule has 0 unspecified atom stereocenters. The molecule has 1 aliphatic heterocycles. The lowest BCUT2D eigenvalue weighted by Gasteiger charge is -2.32. The Balaban J connectivity index is 0.00000160. The van der Waals surface area contributed by atoms with E-state index in [2.05, 4.69) is 21.9 Å². The van der Waals surface area contributed by atoms with Gasteiger partial charge in [-0.15, -0.1) is 24.8 Å². The van der Waals surface area contributed by atoms with E-state index in [0.717, 1.165) is 44.6 Å². The molecule has 1 aromatic heterocycles. The van der Waals surface area contributed by atoms with Crippen LogP contribution in [0, 0.1) is 11.7 Å². The van der Waals surface area contributed by atoms with Crippen molar-refractivity contribution in [2.24, 2.45) is 5.92 Å². The Bertz CT molecular complexity index is 912. The lowest BCUT2D eigenvalue weighted by atomic mass is 10.1. The van der Waals surface area contributed by atoms with Gasteiger partial charge in [0.05, 0.1) is 12.8 Å². The molecule has 166 valence electrons. The number of benzene rings is 1. The Hall–Kier alpha value is -1.67. The first-order chi connectivity index (χ1) is 13.5. The molecule has 9 heteroatoms. The summed E-state index contributed by atoms with van der Waals surface area (Å²) >= 11 is 0. The first-order valence-corrected chi connectivity index (χ1v) is 9.89. The minimum Gasteiger partial charge on any atom is -0.494 e. The van der Waals surface area contributed by atoms with E-state index in [9.17, 15) is 9.18 Å². The zero-order valence-electron chi connectivity index (χ0n) is 17.3. The van der Waals surface area contributed by atoms with Crippen molar-refractivity contribution in [1.82, 2.24) is 19.6 Å². The summed E-state index contributed by atoms with van der Waals surface area (Å²) in [6, 6.07) is 6.64. The molecule has 1 saturated carbocycles. The van der Waals surface area contributed by atoms with Crippen molar-refractivity contribution >= 4 is 24.8 Å². The molecule has 30 heavy (non-hydrogen) atoms. The van der Waals surface area contributed by atoms with Crippen LogP contribution in [0.15, 0.2) is 29.1 Å². The minimum absolute atomic E-state index is 0. The monoisotopic (exact) mass is 458 g/mol. The third-order valence-corrected chi connectivity index (χ3v) is 5.61. The highest BCUT2D eigenvalue weighted by Crippen LogP contribution is 2.30. The maximum atomic E-state index is 14.2. The summed E-state index contributed by atoms with van der Waals surface area (Å²) in [6.07, 6.45) is 2.28. The SMILES string of the molecule is COc1ccc(-c2cc(CN3CCN(C)CC3)c(=O)n(CC3CC3)n2)cc1F.Cl.Cl. The predicted molar refractivity (Wildman–Crippen MR) is 120 cm³/mol. The number of methoxy groups -OCH3 is 1. The number of aromatic nitrogens is 2. The van der Waals surface area contributed by atoms with Gasteiger partial charge in [-0.3, -0.25) is 9.69 Å². The van der Waals surface area contributed by atoms with Gasteiger partial charge in [-0.25, -0.2) is 9.07 Å². The molecule has 2 aromatic rings. The largest absolute Gasteiger partial charge is 0.494 e. The van der Waals surface area contributed by atoms with Crippen LogP contribution in [0.5, 0.6) is 5.75 Å². The van der Waals surface area contributed by atoms with Crippen LogP contribution in [-0.4, -0.2) is 59.9 Å². The van der Waals surface area contributed by atoms with Gasteiger partial charge in [0, 0.05) is 50.4 Å². The number of hydrogen-bond acceptors (Lipinski definition) is 5. The van der Waals surface area contributed by atoms with Gasteiger partial charge in [0.15, 0.2) is 11.6 Å². The van der Waals surface area contributed by atoms with E-state index < -0.39 is 5.82 Å². The van der Waals surface area contributed by atoms with Crippen molar-refractivity contribution < 1.29 is 9.13 Å². The third-order valence-electron chi connectivity index (χ3n) is 5.61. The molecule has 2 fully saturated rings. The fourth-order valence-corrected chi connectivity index (χ4v) is 3.59. The number of rotatable bonds is 6. The highest BCUT2D eigenvalue weighted by atomic mass is 35.5. The zero-order valence-corrected chi connectivity index (χ0v) is 19.0. The number of likely N-dealkylation sites (N-methyl/N-ethyl adjacent to an activating group) is 1. The number of halogens is 3. The van der Waals surface area contributed by atoms with Crippen molar-refractivity contribution in [3.63, 3.8) is 0 Å². The summed E-state index contributed by atoms with van der Waals surface area (Å²) in [5.74, 6) is 0.305. The molecule has 0 amide bonds. The lowest BCUT2D eigenvalue weighted by Crippen LogP contribution is -2.45. The topological polar surface area (TPSA) is 50.6 Å². The Morgan fingerprint density at radius 2 is 1.83 bits per heavy atom. The summed E-state index contributed by atoms with van der Waals surface area (Å²) < 4.78 is 20.8. The standard InChI is InChI=1S/C21H27FN4O2.2ClH/c1-24-7-9-25(10-8-24)14-17-12-19(16-5-6-20(28-2)18(22)11-16)23-26(21(17)27)13-15-3-4-15;;/h5-6,11-12,15H,3-4,7-10,13-14H2,1-2H3;2*1H. The van der Waals surface area contributed by atoms with Crippen LogP contribution in [-0.2, 0) is 13.1 Å². The first kappa shape index (κ1) is 24.6. The average molecular weight is 459 g/mol. The molecule has 0 radical (unpaired) electrons. The molecule has 4 rings (SSSR count). The Labute approximate surface area is 188 Å². The lowest BCUT2D eigenvalue weighted by molar-refractivity contribution is 0.147. The number of nitrogens with zero attached hydrogens (tertiary/aromatic N) is 4. The molecule has 1 aromatic carbocycles. The summed E-state index contributed by atoms with van der Waals surface area (Å²) in [5.41, 5.74) is 1.99. The van der Waals surface area contributed by atoms with Crippen LogP contribution in [0.1, 0.15) is 18.4 Å². The van der Waals surface area contributed by atoms with E-state index in [4.69, 9.17) is 4.74 Å². The summed E-state index contributed by atoms with van der Waals surface area (Å²) in [5, 5.41) is 4.56. The number of piperazine rings is 1. The van der Waals surface area contributed by atoms with Gasteiger partial charge in [0.2, 0.25) is 0 Å². The molecule has 1 aliphatic carbocycles. The molecule has 0 bridgehead atoms.